The van der Waals surface area contributed by atoms with Gasteiger partial charge in [-0.3, -0.25) is 0 Å². The van der Waals surface area contributed by atoms with Gasteiger partial charge in [0.15, 0.2) is 31.5 Å². The summed E-state index contributed by atoms with van der Waals surface area (Å²) in [4.78, 5) is 0. The van der Waals surface area contributed by atoms with E-state index in [0.29, 0.717) is 0 Å². The van der Waals surface area contributed by atoms with Gasteiger partial charge in [0.2, 0.25) is 0 Å². The van der Waals surface area contributed by atoms with Crippen molar-refractivity contribution in [1.82, 2.24) is 0 Å². The first-order valence-corrected chi connectivity index (χ1v) is 23.2. The third-order valence-corrected chi connectivity index (χ3v) is 15.7. The Balaban J connectivity index is 1.42. The first kappa shape index (κ1) is 47.6. The van der Waals surface area contributed by atoms with Crippen molar-refractivity contribution >= 4 is 0 Å². The van der Waals surface area contributed by atoms with E-state index in [2.05, 4.69) is 96.9 Å². The minimum Gasteiger partial charge on any atom is -0.392 e. The summed E-state index contributed by atoms with van der Waals surface area (Å²) < 4.78 is 67.9. The molecule has 5 fully saturated rings. The van der Waals surface area contributed by atoms with Gasteiger partial charge in [-0.15, -0.1) is 0 Å². The molecule has 10 unspecified atom stereocenters. The molecule has 1 N–H and O–H groups in total. The van der Waals surface area contributed by atoms with E-state index in [1.165, 1.54) is 0 Å². The Morgan fingerprint density at radius 2 is 0.632 bits per heavy atom. The van der Waals surface area contributed by atoms with Crippen molar-refractivity contribution in [1.29, 1.82) is 0 Å². The summed E-state index contributed by atoms with van der Waals surface area (Å²) in [7, 11) is 1.69. The smallest absolute Gasteiger partial charge is 0.185 e. The molecule has 5 aliphatic heterocycles. The highest BCUT2D eigenvalue weighted by molar-refractivity contribution is 4.94. The molecule has 11 nitrogen and oxygen atoms in total. The molecule has 5 aliphatic rings. The zero-order chi connectivity index (χ0) is 42.0. The first-order chi connectivity index (χ1) is 27.1. The van der Waals surface area contributed by atoms with Gasteiger partial charge in [0, 0.05) is 30.8 Å². The van der Waals surface area contributed by atoms with E-state index < -0.39 is 49.8 Å². The van der Waals surface area contributed by atoms with Crippen molar-refractivity contribution in [3.05, 3.63) is 0 Å². The van der Waals surface area contributed by atoms with E-state index in [9.17, 15) is 5.11 Å². The van der Waals surface area contributed by atoms with Crippen molar-refractivity contribution in [3.63, 3.8) is 0 Å². The highest BCUT2D eigenvalue weighted by Crippen LogP contribution is 2.45. The maximum atomic E-state index is 11.2. The van der Waals surface area contributed by atoms with E-state index in [1.54, 1.807) is 7.11 Å². The highest BCUT2D eigenvalue weighted by atomic mass is 16.8. The van der Waals surface area contributed by atoms with E-state index in [1.807, 2.05) is 6.92 Å². The molecule has 334 valence electrons. The van der Waals surface area contributed by atoms with Gasteiger partial charge in [0.25, 0.3) is 0 Å². The monoisotopic (exact) mass is 813 g/mol. The molecular weight excluding hydrogens is 728 g/mol. The van der Waals surface area contributed by atoms with Crippen LogP contribution >= 0.6 is 0 Å². The zero-order valence-electron chi connectivity index (χ0n) is 38.5. The fourth-order valence-corrected chi connectivity index (χ4v) is 10.8. The maximum Gasteiger partial charge on any atom is 0.185 e. The van der Waals surface area contributed by atoms with E-state index in [0.717, 1.165) is 32.1 Å². The fraction of sp³-hybridized carbons (Fsp3) is 1.00. The highest BCUT2D eigenvalue weighted by Gasteiger charge is 2.53. The number of hydrogen-bond donors (Lipinski definition) is 1. The number of rotatable bonds is 14. The third-order valence-electron chi connectivity index (χ3n) is 15.7. The van der Waals surface area contributed by atoms with Crippen LogP contribution in [0.25, 0.3) is 0 Å². The topological polar surface area (TPSA) is 113 Å². The van der Waals surface area contributed by atoms with Gasteiger partial charge in [-0.25, -0.2) is 0 Å². The quantitative estimate of drug-likeness (QED) is 0.182. The predicted molar refractivity (Wildman–Crippen MR) is 219 cm³/mol. The molecule has 5 rings (SSSR count). The summed E-state index contributed by atoms with van der Waals surface area (Å²) in [5.74, 6) is 0.964. The molecule has 0 aromatic heterocycles. The van der Waals surface area contributed by atoms with Gasteiger partial charge in [0.05, 0.1) is 42.7 Å². The lowest BCUT2D eigenvalue weighted by Gasteiger charge is -2.52. The number of hydrogen-bond acceptors (Lipinski definition) is 11. The molecular formula is C46H84O11. The van der Waals surface area contributed by atoms with Gasteiger partial charge in [-0.1, -0.05) is 104 Å². The minimum atomic E-state index is -0.687. The Kier molecular flexibility index (Phi) is 17.2. The number of ether oxygens (including phenoxy) is 10. The lowest BCUT2D eigenvalue weighted by Crippen LogP contribution is -2.61. The molecule has 0 spiro atoms. The van der Waals surface area contributed by atoms with Crippen LogP contribution in [-0.2, 0) is 47.4 Å². The van der Waals surface area contributed by atoms with Crippen molar-refractivity contribution < 1.29 is 52.5 Å². The number of aliphatic hydroxyl groups is 1. The van der Waals surface area contributed by atoms with Crippen LogP contribution < -0.4 is 0 Å². The second kappa shape index (κ2) is 20.6. The molecule has 0 aromatic rings. The lowest BCUT2D eigenvalue weighted by molar-refractivity contribution is -0.388. The molecule has 57 heavy (non-hydrogen) atoms. The average molecular weight is 813 g/mol. The minimum absolute atomic E-state index is 0.00391. The zero-order valence-corrected chi connectivity index (χ0v) is 38.5. The summed E-state index contributed by atoms with van der Waals surface area (Å²) in [5.41, 5.74) is 0. The summed E-state index contributed by atoms with van der Waals surface area (Å²) >= 11 is 0. The third kappa shape index (κ3) is 9.80. The largest absolute Gasteiger partial charge is 0.392 e. The second-order valence-electron chi connectivity index (χ2n) is 19.0. The summed E-state index contributed by atoms with van der Waals surface area (Å²) in [6.45, 7) is 32.7. The van der Waals surface area contributed by atoms with Gasteiger partial charge in [-0.05, 0) is 67.6 Å². The summed E-state index contributed by atoms with van der Waals surface area (Å²) in [6.07, 6.45) is -0.622. The second-order valence-corrected chi connectivity index (χ2v) is 19.0. The van der Waals surface area contributed by atoms with Crippen LogP contribution in [0.1, 0.15) is 136 Å². The van der Waals surface area contributed by atoms with Crippen LogP contribution in [-0.4, -0.2) is 105 Å². The Labute approximate surface area is 346 Å². The summed E-state index contributed by atoms with van der Waals surface area (Å²) in [6, 6.07) is 0. The Bertz CT molecular complexity index is 1200. The number of methoxy groups -OCH3 is 1. The van der Waals surface area contributed by atoms with Crippen LogP contribution in [0, 0.1) is 59.2 Å². The van der Waals surface area contributed by atoms with Crippen LogP contribution in [0.2, 0.25) is 0 Å². The Morgan fingerprint density at radius 1 is 0.333 bits per heavy atom. The van der Waals surface area contributed by atoms with Crippen molar-refractivity contribution in [2.24, 2.45) is 59.2 Å². The Morgan fingerprint density at radius 3 is 1.04 bits per heavy atom. The molecule has 25 atom stereocenters. The molecule has 5 heterocycles. The molecule has 0 radical (unpaired) electrons. The van der Waals surface area contributed by atoms with Gasteiger partial charge < -0.3 is 52.5 Å². The average Bonchev–Trinajstić information content (AvgIpc) is 3.20. The van der Waals surface area contributed by atoms with Gasteiger partial charge >= 0.3 is 0 Å². The summed E-state index contributed by atoms with van der Waals surface area (Å²) in [5, 5.41) is 11.2. The Hall–Kier alpha value is -0.440. The van der Waals surface area contributed by atoms with E-state index in [4.69, 9.17) is 47.4 Å². The molecule has 0 amide bonds. The van der Waals surface area contributed by atoms with Crippen molar-refractivity contribution in [3.8, 4) is 0 Å². The van der Waals surface area contributed by atoms with Crippen molar-refractivity contribution in [2.45, 2.75) is 228 Å². The van der Waals surface area contributed by atoms with Crippen LogP contribution in [0.15, 0.2) is 0 Å². The van der Waals surface area contributed by atoms with Gasteiger partial charge in [0.1, 0.15) is 18.3 Å². The van der Waals surface area contributed by atoms with Crippen LogP contribution in [0.5, 0.6) is 0 Å². The fourth-order valence-electron chi connectivity index (χ4n) is 10.8. The van der Waals surface area contributed by atoms with E-state index >= 15 is 0 Å². The molecule has 5 saturated heterocycles. The standard InChI is InChI=1S/C46H84O11/c1-17-32-22(6)25(9)39(44(48-16)51-32)56-46-41(27(11)24(8)34(19-3)53-46)57-45-40(26(10)23(7)33(18-2)52-45)55-43-31(15)38(29(13)36(21-5)50-43)54-42-30(14)37(47)28(12)35(20-4)49-42/h22-47H,17-21H2,1-16H3/t22-,23-,24-,25-,26-,27-,28+,29+,30?,31?,32?,33?,34?,35?,36?,37-,38-,39?,40?,41?,42+,43+,44-,45+,46+/m0/s1. The molecule has 0 bridgehead atoms. The van der Waals surface area contributed by atoms with Crippen LogP contribution in [0.3, 0.4) is 0 Å². The number of aliphatic hydroxyl groups excluding tert-OH is 1. The molecule has 11 heteroatoms. The van der Waals surface area contributed by atoms with E-state index in [-0.39, 0.29) is 102 Å². The molecule has 0 saturated carbocycles. The lowest BCUT2D eigenvalue weighted by atomic mass is 9.80. The molecule has 0 aromatic carbocycles. The van der Waals surface area contributed by atoms with Crippen LogP contribution in [0.4, 0.5) is 0 Å². The first-order valence-electron chi connectivity index (χ1n) is 23.2. The predicted octanol–water partition coefficient (Wildman–Crippen LogP) is 8.57. The molecule has 0 aliphatic carbocycles. The van der Waals surface area contributed by atoms with Gasteiger partial charge in [-0.2, -0.15) is 0 Å². The normalized spacial score (nSPS) is 52.5. The van der Waals surface area contributed by atoms with Crippen molar-refractivity contribution in [2.75, 3.05) is 7.11 Å². The maximum absolute atomic E-state index is 11.2. The SMILES string of the molecule is CCC1O[C@H](OC2[C@@H](OC)OC(CC)[C@@H](C)[C@@H]2C)C(O[C@H]2OC(CC)[C@@H](C)[C@H](C)C2O[C@H]2OC(CC)[C@@H](C)[C@H](O[C@H]3OC(CC)[C@@H](C)[C@H](O)C3C)C2C)[C@@H](C)[C@@H]1C.